The van der Waals surface area contributed by atoms with Crippen molar-refractivity contribution in [3.63, 3.8) is 0 Å². The largest absolute Gasteiger partial charge is 0.497 e. The number of rotatable bonds is 10. The number of esters is 1. The summed E-state index contributed by atoms with van der Waals surface area (Å²) in [6.07, 6.45) is 1.13. The van der Waals surface area contributed by atoms with E-state index in [4.69, 9.17) is 21.1 Å². The van der Waals surface area contributed by atoms with E-state index < -0.39 is 0 Å². The predicted molar refractivity (Wildman–Crippen MR) is 109 cm³/mol. The molecule has 27 heavy (non-hydrogen) atoms. The highest BCUT2D eigenvalue weighted by atomic mass is 35.5. The van der Waals surface area contributed by atoms with Gasteiger partial charge in [-0.2, -0.15) is 0 Å². The van der Waals surface area contributed by atoms with Gasteiger partial charge in [0.25, 0.3) is 0 Å². The molecule has 0 saturated heterocycles. The normalized spacial score (nSPS) is 13.2. The summed E-state index contributed by atoms with van der Waals surface area (Å²) >= 11 is 5.98. The second-order valence-electron chi connectivity index (χ2n) is 6.44. The van der Waals surface area contributed by atoms with Crippen molar-refractivity contribution in [2.75, 3.05) is 26.6 Å². The molecule has 0 radical (unpaired) electrons. The number of carbonyl (C=O) groups is 1. The number of ether oxygens (including phenoxy) is 2. The highest BCUT2D eigenvalue weighted by Crippen LogP contribution is 2.34. The lowest BCUT2D eigenvalue weighted by molar-refractivity contribution is -0.142. The van der Waals surface area contributed by atoms with Gasteiger partial charge in [-0.3, -0.25) is 9.69 Å². The van der Waals surface area contributed by atoms with Gasteiger partial charge in [-0.1, -0.05) is 42.5 Å². The number of hydrogen-bond acceptors (Lipinski definition) is 4. The van der Waals surface area contributed by atoms with Crippen LogP contribution in [0.4, 0.5) is 0 Å². The smallest absolute Gasteiger partial charge is 0.307 e. The summed E-state index contributed by atoms with van der Waals surface area (Å²) in [5.41, 5.74) is 2.26. The van der Waals surface area contributed by atoms with Gasteiger partial charge in [-0.25, -0.2) is 0 Å². The Kier molecular flexibility index (Phi) is 8.62. The van der Waals surface area contributed by atoms with Crippen molar-refractivity contribution in [2.45, 2.75) is 31.8 Å². The lowest BCUT2D eigenvalue weighted by Crippen LogP contribution is -2.34. The van der Waals surface area contributed by atoms with Gasteiger partial charge < -0.3 is 9.47 Å². The van der Waals surface area contributed by atoms with Crippen LogP contribution in [0, 0.1) is 0 Å². The second-order valence-corrected chi connectivity index (χ2v) is 6.81. The van der Waals surface area contributed by atoms with Gasteiger partial charge in [0.1, 0.15) is 5.75 Å². The van der Waals surface area contributed by atoms with E-state index in [9.17, 15) is 4.79 Å². The molecule has 0 N–H and O–H groups in total. The van der Waals surface area contributed by atoms with Gasteiger partial charge in [0.05, 0.1) is 20.6 Å². The van der Waals surface area contributed by atoms with Crippen LogP contribution in [0.15, 0.2) is 54.6 Å². The van der Waals surface area contributed by atoms with Crippen LogP contribution in [-0.4, -0.2) is 37.5 Å². The average Bonchev–Trinajstić information content (AvgIpc) is 2.73. The summed E-state index contributed by atoms with van der Waals surface area (Å²) in [7, 11) is 3.09. The molecule has 2 atom stereocenters. The number of carbonyl (C=O) groups excluding carboxylic acids is 1. The number of methoxy groups -OCH3 is 2. The zero-order chi connectivity index (χ0) is 19.6. The summed E-state index contributed by atoms with van der Waals surface area (Å²) in [6.45, 7) is 2.94. The maximum absolute atomic E-state index is 12.1. The molecule has 0 fully saturated rings. The number of nitrogens with zero attached hydrogens (tertiary/aromatic N) is 1. The van der Waals surface area contributed by atoms with Gasteiger partial charge in [-0.15, -0.1) is 11.6 Å². The molecule has 2 aromatic carbocycles. The van der Waals surface area contributed by atoms with Crippen molar-refractivity contribution in [2.24, 2.45) is 0 Å². The van der Waals surface area contributed by atoms with E-state index in [-0.39, 0.29) is 18.1 Å². The van der Waals surface area contributed by atoms with Crippen molar-refractivity contribution in [1.82, 2.24) is 4.90 Å². The van der Waals surface area contributed by atoms with E-state index in [1.165, 1.54) is 7.11 Å². The Bertz CT molecular complexity index is 690. The Labute approximate surface area is 167 Å². The summed E-state index contributed by atoms with van der Waals surface area (Å²) < 4.78 is 10.2. The zero-order valence-electron chi connectivity index (χ0n) is 16.2. The van der Waals surface area contributed by atoms with Crippen LogP contribution in [0.25, 0.3) is 0 Å². The van der Waals surface area contributed by atoms with Gasteiger partial charge in [0.2, 0.25) is 0 Å². The first-order chi connectivity index (χ1) is 13.1. The van der Waals surface area contributed by atoms with E-state index in [0.29, 0.717) is 12.3 Å². The SMILES string of the molecule is COC(=O)C[C@@H](c1ccccc1)N(CCCCl)[C@H](C)c1ccc(OC)cc1. The molecule has 2 aromatic rings. The monoisotopic (exact) mass is 389 g/mol. The Balaban J connectivity index is 2.36. The summed E-state index contributed by atoms with van der Waals surface area (Å²) in [5.74, 6) is 1.18. The first kappa shape index (κ1) is 21.3. The molecular weight excluding hydrogens is 362 g/mol. The summed E-state index contributed by atoms with van der Waals surface area (Å²) in [6, 6.07) is 18.2. The fourth-order valence-electron chi connectivity index (χ4n) is 3.28. The van der Waals surface area contributed by atoms with E-state index >= 15 is 0 Å². The van der Waals surface area contributed by atoms with E-state index in [0.717, 1.165) is 29.8 Å². The molecule has 5 heteroatoms. The Morgan fingerprint density at radius 2 is 1.70 bits per heavy atom. The lowest BCUT2D eigenvalue weighted by Gasteiger charge is -2.36. The molecule has 0 aromatic heterocycles. The molecule has 2 rings (SSSR count). The molecule has 0 saturated carbocycles. The fraction of sp³-hybridized carbons (Fsp3) is 0.409. The molecule has 0 amide bonds. The first-order valence-electron chi connectivity index (χ1n) is 9.18. The van der Waals surface area contributed by atoms with Gasteiger partial charge in [0, 0.05) is 24.5 Å². The second kappa shape index (κ2) is 11.0. The number of halogens is 1. The van der Waals surface area contributed by atoms with Crippen LogP contribution in [0.1, 0.15) is 43.0 Å². The molecule has 0 aliphatic rings. The minimum Gasteiger partial charge on any atom is -0.497 e. The predicted octanol–water partition coefficient (Wildman–Crippen LogP) is 4.99. The number of alkyl halides is 1. The van der Waals surface area contributed by atoms with Crippen LogP contribution >= 0.6 is 11.6 Å². The third kappa shape index (κ3) is 5.98. The van der Waals surface area contributed by atoms with Crippen LogP contribution in [0.5, 0.6) is 5.75 Å². The minimum absolute atomic E-state index is 0.0843. The highest BCUT2D eigenvalue weighted by molar-refractivity contribution is 6.17. The first-order valence-corrected chi connectivity index (χ1v) is 9.71. The quantitative estimate of drug-likeness (QED) is 0.423. The lowest BCUT2D eigenvalue weighted by atomic mass is 9.97. The molecule has 0 unspecified atom stereocenters. The minimum atomic E-state index is -0.221. The third-order valence-corrected chi connectivity index (χ3v) is 5.09. The zero-order valence-corrected chi connectivity index (χ0v) is 17.0. The van der Waals surface area contributed by atoms with E-state index in [1.807, 2.05) is 30.3 Å². The van der Waals surface area contributed by atoms with Gasteiger partial charge in [0.15, 0.2) is 0 Å². The van der Waals surface area contributed by atoms with Crippen molar-refractivity contribution in [3.05, 3.63) is 65.7 Å². The Hall–Kier alpha value is -2.04. The van der Waals surface area contributed by atoms with Crippen LogP contribution in [0.3, 0.4) is 0 Å². The van der Waals surface area contributed by atoms with E-state index in [2.05, 4.69) is 36.1 Å². The average molecular weight is 390 g/mol. The fourth-order valence-corrected chi connectivity index (χ4v) is 3.40. The highest BCUT2D eigenvalue weighted by Gasteiger charge is 2.28. The Morgan fingerprint density at radius 3 is 2.26 bits per heavy atom. The molecule has 0 spiro atoms. The molecule has 0 aliphatic heterocycles. The van der Waals surface area contributed by atoms with Crippen molar-refractivity contribution in [1.29, 1.82) is 0 Å². The van der Waals surface area contributed by atoms with Crippen molar-refractivity contribution >= 4 is 17.6 Å². The molecule has 146 valence electrons. The van der Waals surface area contributed by atoms with Crippen LogP contribution in [0.2, 0.25) is 0 Å². The van der Waals surface area contributed by atoms with E-state index in [1.54, 1.807) is 7.11 Å². The third-order valence-electron chi connectivity index (χ3n) is 4.82. The van der Waals surface area contributed by atoms with Gasteiger partial charge in [-0.05, 0) is 36.6 Å². The van der Waals surface area contributed by atoms with Gasteiger partial charge >= 0.3 is 5.97 Å². The summed E-state index contributed by atoms with van der Waals surface area (Å²) in [5, 5.41) is 0. The molecule has 4 nitrogen and oxygen atoms in total. The topological polar surface area (TPSA) is 38.8 Å². The van der Waals surface area contributed by atoms with Crippen LogP contribution < -0.4 is 4.74 Å². The van der Waals surface area contributed by atoms with Crippen molar-refractivity contribution < 1.29 is 14.3 Å². The summed E-state index contributed by atoms with van der Waals surface area (Å²) in [4.78, 5) is 14.5. The maximum Gasteiger partial charge on any atom is 0.307 e. The molecule has 0 bridgehead atoms. The molecule has 0 aliphatic carbocycles. The number of benzene rings is 2. The number of hydrogen-bond donors (Lipinski definition) is 0. The maximum atomic E-state index is 12.1. The van der Waals surface area contributed by atoms with Crippen LogP contribution in [-0.2, 0) is 9.53 Å². The Morgan fingerprint density at radius 1 is 1.04 bits per heavy atom. The molecule has 0 heterocycles. The molecular formula is C22H28ClNO3. The van der Waals surface area contributed by atoms with Crippen molar-refractivity contribution in [3.8, 4) is 5.75 Å². The standard InChI is InChI=1S/C22H28ClNO3/c1-17(18-10-12-20(26-2)13-11-18)24(15-7-14-23)21(16-22(25)27-3)19-8-5-4-6-9-19/h4-6,8-13,17,21H,7,14-16H2,1-3H3/t17-,21+/m1/s1.